The fourth-order valence-electron chi connectivity index (χ4n) is 4.46. The average molecular weight is 497 g/mol. The molecule has 200 valence electrons. The van der Waals surface area contributed by atoms with E-state index in [1.54, 1.807) is 0 Å². The molecule has 0 N–H and O–H groups in total. The molecule has 2 atom stereocenters. The average Bonchev–Trinajstić information content (AvgIpc) is 2.87. The third kappa shape index (κ3) is 11.2. The summed E-state index contributed by atoms with van der Waals surface area (Å²) in [6, 6.07) is 18.2. The van der Waals surface area contributed by atoms with Gasteiger partial charge < -0.3 is 14.0 Å². The second-order valence-electron chi connectivity index (χ2n) is 10.7. The molecule has 0 spiro atoms. The molecule has 2 unspecified atom stereocenters. The lowest BCUT2D eigenvalue weighted by atomic mass is 10.0. The number of carbonyl (C=O) groups is 1. The maximum Gasteiger partial charge on any atom is 0.367 e. The first-order valence-electron chi connectivity index (χ1n) is 14.2. The predicted octanol–water partition coefficient (Wildman–Crippen LogP) is 8.08. The van der Waals surface area contributed by atoms with Crippen LogP contribution in [-0.2, 0) is 22.5 Å². The van der Waals surface area contributed by atoms with Gasteiger partial charge in [-0.2, -0.15) is 0 Å². The highest BCUT2D eigenvalue weighted by Gasteiger charge is 2.33. The highest BCUT2D eigenvalue weighted by Crippen LogP contribution is 2.21. The van der Waals surface area contributed by atoms with E-state index in [2.05, 4.69) is 45.3 Å². The minimum absolute atomic E-state index is 0.228. The predicted molar refractivity (Wildman–Crippen MR) is 150 cm³/mol. The molecule has 0 aliphatic carbocycles. The second kappa shape index (κ2) is 16.4. The second-order valence-corrected chi connectivity index (χ2v) is 10.7. The van der Waals surface area contributed by atoms with Gasteiger partial charge in [0.1, 0.15) is 12.3 Å². The first-order valence-corrected chi connectivity index (χ1v) is 14.2. The Bertz CT molecular complexity index is 865. The van der Waals surface area contributed by atoms with E-state index in [0.717, 1.165) is 18.7 Å². The fraction of sp³-hybridized carbons (Fsp3) is 0.594. The molecule has 2 aromatic rings. The monoisotopic (exact) mass is 496 g/mol. The number of unbranched alkanes of at least 4 members (excludes halogenated alkanes) is 8. The molecule has 0 bridgehead atoms. The summed E-state index contributed by atoms with van der Waals surface area (Å²) in [4.78, 5) is 13.0. The quantitative estimate of drug-likeness (QED) is 0.0905. The molecule has 0 aliphatic rings. The summed E-state index contributed by atoms with van der Waals surface area (Å²) in [7, 11) is 4.13. The Morgan fingerprint density at radius 1 is 0.806 bits per heavy atom. The topological polar surface area (TPSA) is 35.5 Å². The van der Waals surface area contributed by atoms with Crippen LogP contribution in [0.25, 0.3) is 0 Å². The van der Waals surface area contributed by atoms with Crippen LogP contribution < -0.4 is 4.74 Å². The smallest absolute Gasteiger partial charge is 0.367 e. The zero-order valence-electron chi connectivity index (χ0n) is 23.5. The SMILES string of the molecule is CCCCCCCCCCCc1cccc(OC(CC)OC(=O)C(C)[N+](C)(C)Cc2ccccc2)c1. The van der Waals surface area contributed by atoms with Crippen LogP contribution in [0.15, 0.2) is 54.6 Å². The van der Waals surface area contributed by atoms with E-state index >= 15 is 0 Å². The molecule has 4 heteroatoms. The zero-order valence-corrected chi connectivity index (χ0v) is 23.5. The van der Waals surface area contributed by atoms with Gasteiger partial charge in [0.25, 0.3) is 0 Å². The molecular formula is C32H50NO3+. The number of benzene rings is 2. The molecule has 2 aromatic carbocycles. The van der Waals surface area contributed by atoms with E-state index in [0.29, 0.717) is 10.9 Å². The van der Waals surface area contributed by atoms with Gasteiger partial charge in [-0.3, -0.25) is 0 Å². The van der Waals surface area contributed by atoms with Crippen molar-refractivity contribution < 1.29 is 18.8 Å². The lowest BCUT2D eigenvalue weighted by Crippen LogP contribution is -2.52. The summed E-state index contributed by atoms with van der Waals surface area (Å²) in [6.45, 7) is 6.95. The van der Waals surface area contributed by atoms with Crippen LogP contribution in [0.2, 0.25) is 0 Å². The summed E-state index contributed by atoms with van der Waals surface area (Å²) < 4.78 is 12.4. The van der Waals surface area contributed by atoms with Crippen LogP contribution in [0, 0.1) is 0 Å². The maximum atomic E-state index is 13.0. The maximum absolute atomic E-state index is 13.0. The van der Waals surface area contributed by atoms with Crippen LogP contribution in [0.4, 0.5) is 0 Å². The van der Waals surface area contributed by atoms with Crippen molar-refractivity contribution in [1.82, 2.24) is 0 Å². The van der Waals surface area contributed by atoms with Gasteiger partial charge in [0, 0.05) is 12.0 Å². The van der Waals surface area contributed by atoms with Crippen molar-refractivity contribution in [3.8, 4) is 5.75 Å². The van der Waals surface area contributed by atoms with Gasteiger partial charge in [-0.05, 0) is 37.5 Å². The molecule has 0 radical (unpaired) electrons. The van der Waals surface area contributed by atoms with Gasteiger partial charge in [-0.15, -0.1) is 0 Å². The number of quaternary nitrogens is 1. The lowest BCUT2D eigenvalue weighted by Gasteiger charge is -2.35. The van der Waals surface area contributed by atoms with E-state index in [4.69, 9.17) is 9.47 Å². The molecule has 0 heterocycles. The van der Waals surface area contributed by atoms with Gasteiger partial charge in [0.05, 0.1) is 14.1 Å². The van der Waals surface area contributed by atoms with Crippen LogP contribution in [0.1, 0.15) is 96.1 Å². The van der Waals surface area contributed by atoms with Gasteiger partial charge in [-0.1, -0.05) is 108 Å². The Morgan fingerprint density at radius 2 is 1.42 bits per heavy atom. The highest BCUT2D eigenvalue weighted by molar-refractivity contribution is 5.74. The minimum atomic E-state index is -0.584. The molecule has 2 rings (SSSR count). The van der Waals surface area contributed by atoms with Gasteiger partial charge in [0.15, 0.2) is 6.04 Å². The van der Waals surface area contributed by atoms with Crippen LogP contribution in [-0.4, -0.2) is 36.9 Å². The van der Waals surface area contributed by atoms with E-state index in [1.807, 2.05) is 44.2 Å². The summed E-state index contributed by atoms with van der Waals surface area (Å²) >= 11 is 0. The molecule has 0 aromatic heterocycles. The number of carbonyl (C=O) groups excluding carboxylic acids is 1. The molecule has 0 amide bonds. The highest BCUT2D eigenvalue weighted by atomic mass is 16.7. The van der Waals surface area contributed by atoms with Crippen LogP contribution in [0.5, 0.6) is 5.75 Å². The lowest BCUT2D eigenvalue weighted by molar-refractivity contribution is -0.917. The Morgan fingerprint density at radius 3 is 2.06 bits per heavy atom. The van der Waals surface area contributed by atoms with E-state index < -0.39 is 6.29 Å². The number of rotatable bonds is 18. The third-order valence-electron chi connectivity index (χ3n) is 7.14. The fourth-order valence-corrected chi connectivity index (χ4v) is 4.46. The summed E-state index contributed by atoms with van der Waals surface area (Å²) in [5.74, 6) is 0.544. The van der Waals surface area contributed by atoms with Crippen molar-refractivity contribution in [2.45, 2.75) is 110 Å². The summed E-state index contributed by atoms with van der Waals surface area (Å²) in [5, 5.41) is 0. The largest absolute Gasteiger partial charge is 0.455 e. The van der Waals surface area contributed by atoms with E-state index in [1.165, 1.54) is 68.9 Å². The van der Waals surface area contributed by atoms with Crippen LogP contribution >= 0.6 is 0 Å². The number of hydrogen-bond donors (Lipinski definition) is 0. The van der Waals surface area contributed by atoms with Crippen molar-refractivity contribution in [3.05, 3.63) is 65.7 Å². The number of nitrogens with zero attached hydrogens (tertiary/aromatic N) is 1. The number of esters is 1. The van der Waals surface area contributed by atoms with Crippen molar-refractivity contribution in [1.29, 1.82) is 0 Å². The molecule has 0 saturated heterocycles. The Kier molecular flexibility index (Phi) is 13.6. The van der Waals surface area contributed by atoms with Crippen molar-refractivity contribution in [2.75, 3.05) is 14.1 Å². The van der Waals surface area contributed by atoms with E-state index in [9.17, 15) is 4.79 Å². The molecular weight excluding hydrogens is 446 g/mol. The number of aryl methyl sites for hydroxylation is 1. The minimum Gasteiger partial charge on any atom is -0.455 e. The van der Waals surface area contributed by atoms with Crippen LogP contribution in [0.3, 0.4) is 0 Å². The van der Waals surface area contributed by atoms with Crippen molar-refractivity contribution in [2.24, 2.45) is 0 Å². The number of hydrogen-bond acceptors (Lipinski definition) is 3. The van der Waals surface area contributed by atoms with Crippen molar-refractivity contribution >= 4 is 5.97 Å². The normalized spacial score (nSPS) is 13.2. The Hall–Kier alpha value is -2.33. The molecule has 0 aliphatic heterocycles. The van der Waals surface area contributed by atoms with Gasteiger partial charge in [0.2, 0.25) is 6.29 Å². The molecule has 4 nitrogen and oxygen atoms in total. The Balaban J connectivity index is 1.78. The zero-order chi connectivity index (χ0) is 26.2. The number of likely N-dealkylation sites (N-methyl/N-ethyl adjacent to an activating group) is 1. The van der Waals surface area contributed by atoms with Crippen molar-refractivity contribution in [3.63, 3.8) is 0 Å². The molecule has 0 fully saturated rings. The Labute approximate surface area is 220 Å². The molecule has 36 heavy (non-hydrogen) atoms. The van der Waals surface area contributed by atoms with Gasteiger partial charge >= 0.3 is 5.97 Å². The number of ether oxygens (including phenoxy) is 2. The standard InChI is InChI=1S/C32H50NO3/c1-6-8-9-10-11-12-13-14-16-20-28-23-19-24-30(25-28)35-31(7-2)36-32(34)27(3)33(4,5)26-29-21-17-15-18-22-29/h15,17-19,21-25,27,31H,6-14,16,20,26H2,1-5H3/q+1. The first-order chi connectivity index (χ1) is 17.4. The first kappa shape index (κ1) is 29.9. The summed E-state index contributed by atoms with van der Waals surface area (Å²) in [6.07, 6.45) is 13.1. The van der Waals surface area contributed by atoms with Gasteiger partial charge in [-0.25, -0.2) is 4.79 Å². The van der Waals surface area contributed by atoms with E-state index in [-0.39, 0.29) is 12.0 Å². The third-order valence-corrected chi connectivity index (χ3v) is 7.14. The molecule has 0 saturated carbocycles. The summed E-state index contributed by atoms with van der Waals surface area (Å²) in [5.41, 5.74) is 2.49.